The van der Waals surface area contributed by atoms with Gasteiger partial charge in [-0.1, -0.05) is 6.08 Å². The van der Waals surface area contributed by atoms with E-state index >= 15 is 0 Å². The molecule has 0 unspecified atom stereocenters. The van der Waals surface area contributed by atoms with E-state index in [0.717, 1.165) is 6.26 Å². The maximum atomic E-state index is 13.1. The molecule has 0 spiro atoms. The summed E-state index contributed by atoms with van der Waals surface area (Å²) in [5, 5.41) is 7.92. The van der Waals surface area contributed by atoms with E-state index in [1.807, 2.05) is 0 Å². The van der Waals surface area contributed by atoms with E-state index in [-0.39, 0.29) is 47.7 Å². The number of ether oxygens (including phenoxy) is 6. The van der Waals surface area contributed by atoms with Gasteiger partial charge in [0, 0.05) is 37.6 Å². The zero-order valence-electron chi connectivity index (χ0n) is 22.5. The average molecular weight is 541 g/mol. The number of carbonyl (C=O) groups excluding carboxylic acids is 1. The molecule has 39 heavy (non-hydrogen) atoms. The van der Waals surface area contributed by atoms with Gasteiger partial charge in [0.1, 0.15) is 46.8 Å². The fourth-order valence-electron chi connectivity index (χ4n) is 3.45. The highest BCUT2D eigenvalue weighted by Crippen LogP contribution is 2.33. The van der Waals surface area contributed by atoms with Crippen LogP contribution in [0.3, 0.4) is 0 Å². The van der Waals surface area contributed by atoms with Crippen LogP contribution < -0.4 is 19.6 Å². The number of esters is 1. The van der Waals surface area contributed by atoms with Crippen molar-refractivity contribution in [2.75, 3.05) is 26.9 Å². The Kier molecular flexibility index (Phi) is 9.86. The molecule has 0 saturated heterocycles. The molecule has 1 aliphatic heterocycles. The van der Waals surface area contributed by atoms with Crippen molar-refractivity contribution in [3.63, 3.8) is 0 Å². The van der Waals surface area contributed by atoms with Gasteiger partial charge >= 0.3 is 5.97 Å². The van der Waals surface area contributed by atoms with Crippen molar-refractivity contribution in [3.8, 4) is 28.6 Å². The van der Waals surface area contributed by atoms with Crippen LogP contribution in [0.15, 0.2) is 76.0 Å². The summed E-state index contributed by atoms with van der Waals surface area (Å²) in [4.78, 5) is 24.9. The van der Waals surface area contributed by atoms with Crippen LogP contribution in [0.2, 0.25) is 0 Å². The molecule has 0 bridgehead atoms. The number of carbonyl (C=O) groups is 1. The highest BCUT2D eigenvalue weighted by atomic mass is 16.7. The Morgan fingerprint density at radius 1 is 1.08 bits per heavy atom. The largest absolute Gasteiger partial charge is 0.516 e. The van der Waals surface area contributed by atoms with Crippen molar-refractivity contribution in [2.24, 2.45) is 0 Å². The van der Waals surface area contributed by atoms with E-state index < -0.39 is 11.8 Å². The normalized spacial score (nSPS) is 13.5. The molecule has 2 heterocycles. The molecule has 3 aromatic rings. The Balaban J connectivity index is 0.000000983. The van der Waals surface area contributed by atoms with Crippen LogP contribution in [-0.4, -0.2) is 43.8 Å². The Bertz CT molecular complexity index is 1380. The third kappa shape index (κ3) is 7.94. The van der Waals surface area contributed by atoms with Crippen molar-refractivity contribution in [1.29, 1.82) is 0 Å². The van der Waals surface area contributed by atoms with E-state index in [1.165, 1.54) is 24.5 Å². The number of hydrogen-bond donors (Lipinski definition) is 1. The van der Waals surface area contributed by atoms with Crippen molar-refractivity contribution in [3.05, 3.63) is 77.0 Å². The summed E-state index contributed by atoms with van der Waals surface area (Å²) in [6.45, 7) is 6.94. The first-order valence-electron chi connectivity index (χ1n) is 12.2. The number of allylic oxidation sites excluding steroid dienone is 1. The zero-order valence-corrected chi connectivity index (χ0v) is 22.5. The van der Waals surface area contributed by atoms with Crippen molar-refractivity contribution >= 4 is 16.9 Å². The molecule has 208 valence electrons. The Labute approximate surface area is 226 Å². The summed E-state index contributed by atoms with van der Waals surface area (Å²) in [6, 6.07) is 11.6. The molecule has 2 aromatic carbocycles. The van der Waals surface area contributed by atoms with E-state index in [4.69, 9.17) is 37.9 Å². The van der Waals surface area contributed by atoms with Crippen molar-refractivity contribution in [1.82, 2.24) is 0 Å². The Morgan fingerprint density at radius 3 is 2.38 bits per heavy atom. The Hall–Kier alpha value is -4.60. The van der Waals surface area contributed by atoms with Crippen LogP contribution >= 0.6 is 0 Å². The van der Waals surface area contributed by atoms with Crippen LogP contribution in [0.1, 0.15) is 27.7 Å². The minimum atomic E-state index is -0.794. The number of rotatable bonds is 9. The average Bonchev–Trinajstić information content (AvgIpc) is 3.29. The van der Waals surface area contributed by atoms with Gasteiger partial charge in [-0.15, -0.1) is 0 Å². The molecule has 10 nitrogen and oxygen atoms in total. The summed E-state index contributed by atoms with van der Waals surface area (Å²) in [6.07, 6.45) is 4.02. The number of benzene rings is 2. The van der Waals surface area contributed by atoms with E-state index in [1.54, 1.807) is 65.1 Å². The second kappa shape index (κ2) is 13.3. The number of methoxy groups -OCH3 is 1. The number of aliphatic hydroxyl groups is 1. The van der Waals surface area contributed by atoms with Gasteiger partial charge in [0.2, 0.25) is 5.79 Å². The van der Waals surface area contributed by atoms with E-state index in [9.17, 15) is 9.59 Å². The van der Waals surface area contributed by atoms with Gasteiger partial charge in [-0.3, -0.25) is 4.79 Å². The topological polar surface area (TPSA) is 123 Å². The third-order valence-electron chi connectivity index (χ3n) is 5.17. The third-order valence-corrected chi connectivity index (χ3v) is 5.17. The van der Waals surface area contributed by atoms with E-state index in [2.05, 4.69) is 0 Å². The predicted molar refractivity (Wildman–Crippen MR) is 144 cm³/mol. The molecule has 1 aliphatic rings. The molecule has 0 atom stereocenters. The first kappa shape index (κ1) is 29.0. The molecule has 10 heteroatoms. The van der Waals surface area contributed by atoms with Crippen LogP contribution in [0.25, 0.3) is 22.3 Å². The Morgan fingerprint density at radius 2 is 1.79 bits per heavy atom. The molecular weight excluding hydrogens is 508 g/mol. The van der Waals surface area contributed by atoms with Gasteiger partial charge in [-0.05, 0) is 38.1 Å². The molecule has 0 saturated carbocycles. The standard InChI is InChI=1S/C26H26O9.C3H6O/c1-5-30-24(28)15-31-18-10-22(32-13-19-14-33-26(2,3)35-19)25-20(27)12-21(34-23(25)11-18)16-6-8-17(29-4)9-7-16;1-2-3-4/h6-12,14H,5,13,15H2,1-4H3;2-4H,1H3. The molecule has 0 fully saturated rings. The quantitative estimate of drug-likeness (QED) is 0.275. The highest BCUT2D eigenvalue weighted by molar-refractivity contribution is 5.86. The van der Waals surface area contributed by atoms with Crippen LogP contribution in [0.5, 0.6) is 17.2 Å². The zero-order chi connectivity index (χ0) is 28.4. The van der Waals surface area contributed by atoms with Gasteiger partial charge in [-0.25, -0.2) is 4.79 Å². The summed E-state index contributed by atoms with van der Waals surface area (Å²) < 4.78 is 38.7. The van der Waals surface area contributed by atoms with Gasteiger partial charge in [0.15, 0.2) is 17.8 Å². The van der Waals surface area contributed by atoms with Gasteiger partial charge in [0.25, 0.3) is 0 Å². The molecule has 1 N–H and O–H groups in total. The summed E-state index contributed by atoms with van der Waals surface area (Å²) in [5.74, 6) is 0.664. The monoisotopic (exact) mass is 540 g/mol. The number of aliphatic hydroxyl groups excluding tert-OH is 1. The molecule has 0 amide bonds. The second-order valence-corrected chi connectivity index (χ2v) is 8.57. The fourth-order valence-corrected chi connectivity index (χ4v) is 3.45. The highest BCUT2D eigenvalue weighted by Gasteiger charge is 2.28. The maximum Gasteiger partial charge on any atom is 0.344 e. The van der Waals surface area contributed by atoms with Crippen LogP contribution in [0.4, 0.5) is 0 Å². The van der Waals surface area contributed by atoms with Gasteiger partial charge in [0.05, 0.1) is 20.0 Å². The first-order valence-corrected chi connectivity index (χ1v) is 12.2. The SMILES string of the molecule is CC=CO.CCOC(=O)COc1cc(OCC2=COC(C)(C)O2)c2c(=O)cc(-c3ccc(OC)cc3)oc2c1. The molecular formula is C29H32O10. The number of hydrogen-bond acceptors (Lipinski definition) is 10. The minimum Gasteiger partial charge on any atom is -0.516 e. The fraction of sp³-hybridized carbons (Fsp3) is 0.310. The first-order chi connectivity index (χ1) is 18.7. The summed E-state index contributed by atoms with van der Waals surface area (Å²) >= 11 is 0. The molecule has 0 radical (unpaired) electrons. The van der Waals surface area contributed by atoms with Crippen LogP contribution in [-0.2, 0) is 19.0 Å². The maximum absolute atomic E-state index is 13.1. The predicted octanol–water partition coefficient (Wildman–Crippen LogP) is 5.49. The molecule has 4 rings (SSSR count). The van der Waals surface area contributed by atoms with E-state index in [0.29, 0.717) is 22.8 Å². The lowest BCUT2D eigenvalue weighted by Gasteiger charge is -2.18. The lowest BCUT2D eigenvalue weighted by atomic mass is 10.1. The number of fused-ring (bicyclic) bond motifs is 1. The summed E-state index contributed by atoms with van der Waals surface area (Å²) in [5.41, 5.74) is 0.619. The van der Waals surface area contributed by atoms with Gasteiger partial charge in [-0.2, -0.15) is 0 Å². The smallest absolute Gasteiger partial charge is 0.344 e. The lowest BCUT2D eigenvalue weighted by Crippen LogP contribution is -2.21. The summed E-state index contributed by atoms with van der Waals surface area (Å²) in [7, 11) is 1.57. The van der Waals surface area contributed by atoms with Gasteiger partial charge < -0.3 is 37.9 Å². The van der Waals surface area contributed by atoms with Crippen molar-refractivity contribution in [2.45, 2.75) is 33.5 Å². The lowest BCUT2D eigenvalue weighted by molar-refractivity contribution is -0.145. The molecule has 1 aromatic heterocycles. The minimum absolute atomic E-state index is 0.0134. The second-order valence-electron chi connectivity index (χ2n) is 8.57. The molecule has 0 aliphatic carbocycles. The van der Waals surface area contributed by atoms with Crippen molar-refractivity contribution < 1.29 is 42.7 Å². The van der Waals surface area contributed by atoms with Crippen LogP contribution in [0, 0.1) is 0 Å².